The molecular weight excluding hydrogens is 542 g/mol. The fourth-order valence-electron chi connectivity index (χ4n) is 4.49. The van der Waals surface area contributed by atoms with Gasteiger partial charge in [0.2, 0.25) is 5.88 Å². The Labute approximate surface area is 242 Å². The van der Waals surface area contributed by atoms with E-state index >= 15 is 0 Å². The number of amides is 1. The number of ether oxygens (including phenoxy) is 2. The lowest BCUT2D eigenvalue weighted by atomic mass is 10.0. The molecule has 2 aromatic carbocycles. The zero-order valence-electron chi connectivity index (χ0n) is 22.9. The van der Waals surface area contributed by atoms with Crippen LogP contribution in [0.15, 0.2) is 70.5 Å². The van der Waals surface area contributed by atoms with Gasteiger partial charge in [-0.2, -0.15) is 4.98 Å². The van der Waals surface area contributed by atoms with E-state index in [9.17, 15) is 9.59 Å². The molecule has 1 fully saturated rings. The van der Waals surface area contributed by atoms with Crippen molar-refractivity contribution in [2.24, 2.45) is 0 Å². The number of carbonyl (C=O) groups is 1. The van der Waals surface area contributed by atoms with E-state index in [-0.39, 0.29) is 28.8 Å². The van der Waals surface area contributed by atoms with Crippen LogP contribution in [-0.2, 0) is 11.3 Å². The highest BCUT2D eigenvalue weighted by Crippen LogP contribution is 2.36. The molecule has 0 saturated carbocycles. The average Bonchev–Trinajstić information content (AvgIpc) is 3.19. The Bertz CT molecular complexity index is 1730. The Hall–Kier alpha value is -3.95. The molecule has 1 aliphatic heterocycles. The maximum atomic E-state index is 13.8. The number of hydrogen-bond acceptors (Lipinski definition) is 7. The van der Waals surface area contributed by atoms with Crippen molar-refractivity contribution in [2.45, 2.75) is 40.2 Å². The molecule has 5 rings (SSSR count). The summed E-state index contributed by atoms with van der Waals surface area (Å²) in [6.07, 6.45) is 3.22. The van der Waals surface area contributed by atoms with Crippen LogP contribution in [-0.4, -0.2) is 31.6 Å². The van der Waals surface area contributed by atoms with Crippen LogP contribution in [0.5, 0.6) is 17.4 Å². The molecule has 0 radical (unpaired) electrons. The molecular formula is C31H29N3O4S2. The molecule has 4 aromatic rings. The Morgan fingerprint density at radius 2 is 1.82 bits per heavy atom. The summed E-state index contributed by atoms with van der Waals surface area (Å²) >= 11 is 6.71. The fraction of sp³-hybridized carbons (Fsp3) is 0.226. The van der Waals surface area contributed by atoms with E-state index in [1.165, 1.54) is 9.30 Å². The first-order valence-corrected chi connectivity index (χ1v) is 14.1. The highest BCUT2D eigenvalue weighted by atomic mass is 32.2. The van der Waals surface area contributed by atoms with Crippen LogP contribution in [0.4, 0.5) is 0 Å². The standard InChI is InChI=1S/C31H29N3O4S2/c1-18(2)23-13-8-19(3)15-25(23)38-28-24(29(35)33-14-6-7-20(4)27(33)32-28)16-26-30(36)34(31(39)40-26)17-21-9-11-22(37-5)12-10-21/h6-16,18H,17H2,1-5H3/b26-16+. The lowest BCUT2D eigenvalue weighted by Crippen LogP contribution is -2.27. The summed E-state index contributed by atoms with van der Waals surface area (Å²) in [6, 6.07) is 17.1. The Balaban J connectivity index is 1.59. The number of rotatable bonds is 7. The molecule has 2 aromatic heterocycles. The van der Waals surface area contributed by atoms with Gasteiger partial charge in [0.25, 0.3) is 11.5 Å². The van der Waals surface area contributed by atoms with Gasteiger partial charge in [0.1, 0.15) is 27.0 Å². The Morgan fingerprint density at radius 3 is 2.52 bits per heavy atom. The molecule has 0 spiro atoms. The predicted octanol–water partition coefficient (Wildman–Crippen LogP) is 6.64. The van der Waals surface area contributed by atoms with E-state index in [0.29, 0.717) is 27.2 Å². The van der Waals surface area contributed by atoms with E-state index in [1.807, 2.05) is 62.4 Å². The van der Waals surface area contributed by atoms with E-state index in [0.717, 1.165) is 39.8 Å². The first-order valence-electron chi connectivity index (χ1n) is 12.8. The van der Waals surface area contributed by atoms with Crippen LogP contribution in [0.1, 0.15) is 47.6 Å². The lowest BCUT2D eigenvalue weighted by molar-refractivity contribution is -0.122. The van der Waals surface area contributed by atoms with Gasteiger partial charge in [0, 0.05) is 6.20 Å². The van der Waals surface area contributed by atoms with Crippen molar-refractivity contribution >= 4 is 45.9 Å². The quantitative estimate of drug-likeness (QED) is 0.182. The van der Waals surface area contributed by atoms with Crippen molar-refractivity contribution in [3.8, 4) is 17.4 Å². The number of aryl methyl sites for hydroxylation is 2. The van der Waals surface area contributed by atoms with Gasteiger partial charge in [-0.25, -0.2) is 0 Å². The summed E-state index contributed by atoms with van der Waals surface area (Å²) in [5.41, 5.74) is 4.10. The van der Waals surface area contributed by atoms with E-state index < -0.39 is 0 Å². The average molecular weight is 572 g/mol. The van der Waals surface area contributed by atoms with Crippen molar-refractivity contribution < 1.29 is 14.3 Å². The second kappa shape index (κ2) is 11.3. The van der Waals surface area contributed by atoms with Crippen molar-refractivity contribution in [1.82, 2.24) is 14.3 Å². The summed E-state index contributed by atoms with van der Waals surface area (Å²) in [7, 11) is 1.61. The number of benzene rings is 2. The maximum absolute atomic E-state index is 13.8. The molecule has 0 N–H and O–H groups in total. The minimum Gasteiger partial charge on any atom is -0.497 e. The third-order valence-corrected chi connectivity index (χ3v) is 8.07. The van der Waals surface area contributed by atoms with Crippen molar-refractivity contribution in [2.75, 3.05) is 7.11 Å². The molecule has 40 heavy (non-hydrogen) atoms. The number of fused-ring (bicyclic) bond motifs is 1. The highest BCUT2D eigenvalue weighted by Gasteiger charge is 2.33. The minimum absolute atomic E-state index is 0.146. The Morgan fingerprint density at radius 1 is 1.07 bits per heavy atom. The molecule has 9 heteroatoms. The molecule has 204 valence electrons. The van der Waals surface area contributed by atoms with Gasteiger partial charge >= 0.3 is 0 Å². The number of pyridine rings is 1. The highest BCUT2D eigenvalue weighted by molar-refractivity contribution is 8.26. The SMILES string of the molecule is COc1ccc(CN2C(=O)/C(=C\c3c(Oc4cc(C)ccc4C(C)C)nc4c(C)cccn4c3=O)SC2=S)cc1. The molecule has 1 aliphatic rings. The largest absolute Gasteiger partial charge is 0.497 e. The van der Waals surface area contributed by atoms with Gasteiger partial charge in [0.05, 0.1) is 18.6 Å². The first kappa shape index (κ1) is 27.6. The van der Waals surface area contributed by atoms with Crippen LogP contribution in [0.2, 0.25) is 0 Å². The number of hydrogen-bond donors (Lipinski definition) is 0. The summed E-state index contributed by atoms with van der Waals surface area (Å²) < 4.78 is 13.5. The summed E-state index contributed by atoms with van der Waals surface area (Å²) in [6.45, 7) is 8.35. The van der Waals surface area contributed by atoms with Crippen molar-refractivity contribution in [1.29, 1.82) is 0 Å². The fourth-order valence-corrected chi connectivity index (χ4v) is 5.72. The van der Waals surface area contributed by atoms with Crippen LogP contribution in [0, 0.1) is 13.8 Å². The van der Waals surface area contributed by atoms with Crippen LogP contribution in [0.25, 0.3) is 11.7 Å². The van der Waals surface area contributed by atoms with Crippen LogP contribution < -0.4 is 15.0 Å². The number of thiocarbonyl (C=S) groups is 1. The monoisotopic (exact) mass is 571 g/mol. The lowest BCUT2D eigenvalue weighted by Gasteiger charge is -2.16. The van der Waals surface area contributed by atoms with E-state index in [4.69, 9.17) is 26.7 Å². The number of aromatic nitrogens is 2. The molecule has 0 atom stereocenters. The molecule has 1 amide bonds. The molecule has 0 bridgehead atoms. The first-order chi connectivity index (χ1) is 19.2. The van der Waals surface area contributed by atoms with Gasteiger partial charge in [-0.15, -0.1) is 0 Å². The maximum Gasteiger partial charge on any atom is 0.269 e. The molecule has 1 saturated heterocycles. The van der Waals surface area contributed by atoms with Crippen LogP contribution >= 0.6 is 24.0 Å². The van der Waals surface area contributed by atoms with Crippen molar-refractivity contribution in [3.63, 3.8) is 0 Å². The summed E-state index contributed by atoms with van der Waals surface area (Å²) in [5.74, 6) is 1.42. The normalized spacial score (nSPS) is 14.6. The van der Waals surface area contributed by atoms with Gasteiger partial charge in [-0.05, 0) is 72.4 Å². The van der Waals surface area contributed by atoms with E-state index in [2.05, 4.69) is 13.8 Å². The number of nitrogens with zero attached hydrogens (tertiary/aromatic N) is 3. The minimum atomic E-state index is -0.331. The third kappa shape index (κ3) is 5.39. The second-order valence-electron chi connectivity index (χ2n) is 9.93. The zero-order valence-corrected chi connectivity index (χ0v) is 24.6. The molecule has 7 nitrogen and oxygen atoms in total. The summed E-state index contributed by atoms with van der Waals surface area (Å²) in [5, 5.41) is 0. The predicted molar refractivity (Wildman–Crippen MR) is 163 cm³/mol. The second-order valence-corrected chi connectivity index (χ2v) is 11.6. The molecule has 3 heterocycles. The third-order valence-electron chi connectivity index (χ3n) is 6.70. The van der Waals surface area contributed by atoms with Gasteiger partial charge in [-0.3, -0.25) is 18.9 Å². The zero-order chi connectivity index (χ0) is 28.6. The van der Waals surface area contributed by atoms with Crippen LogP contribution in [0.3, 0.4) is 0 Å². The summed E-state index contributed by atoms with van der Waals surface area (Å²) in [4.78, 5) is 33.9. The molecule has 0 aliphatic carbocycles. The number of methoxy groups -OCH3 is 1. The Kier molecular flexibility index (Phi) is 7.78. The van der Waals surface area contributed by atoms with Gasteiger partial charge in [-0.1, -0.05) is 68.2 Å². The van der Waals surface area contributed by atoms with Gasteiger partial charge in [0.15, 0.2) is 0 Å². The smallest absolute Gasteiger partial charge is 0.269 e. The van der Waals surface area contributed by atoms with Gasteiger partial charge < -0.3 is 9.47 Å². The van der Waals surface area contributed by atoms with Crippen molar-refractivity contribution in [3.05, 3.63) is 104 Å². The number of thioether (sulfide) groups is 1. The molecule has 0 unspecified atom stereocenters. The number of carbonyl (C=O) groups excluding carboxylic acids is 1. The van der Waals surface area contributed by atoms with E-state index in [1.54, 1.807) is 25.4 Å². The topological polar surface area (TPSA) is 73.1 Å².